The van der Waals surface area contributed by atoms with Gasteiger partial charge in [0.25, 0.3) is 0 Å². The van der Waals surface area contributed by atoms with Gasteiger partial charge in [-0.15, -0.1) is 0 Å². The van der Waals surface area contributed by atoms with Crippen molar-refractivity contribution in [2.75, 3.05) is 18.2 Å². The van der Waals surface area contributed by atoms with E-state index < -0.39 is 11.8 Å². The first kappa shape index (κ1) is 14.6. The molecule has 1 aromatic carbocycles. The molecule has 1 saturated carbocycles. The molecule has 1 aromatic rings. The van der Waals surface area contributed by atoms with Gasteiger partial charge in [0.05, 0.1) is 18.4 Å². The minimum Gasteiger partial charge on any atom is -0.465 e. The molecule has 1 aliphatic rings. The molecule has 0 radical (unpaired) electrons. The van der Waals surface area contributed by atoms with Crippen LogP contribution in [-0.4, -0.2) is 19.1 Å². The van der Waals surface area contributed by atoms with Crippen molar-refractivity contribution in [2.24, 2.45) is 5.92 Å². The van der Waals surface area contributed by atoms with Gasteiger partial charge in [0, 0.05) is 11.7 Å². The Hall–Kier alpha value is -1.78. The van der Waals surface area contributed by atoms with E-state index in [9.17, 15) is 9.18 Å². The summed E-state index contributed by atoms with van der Waals surface area (Å²) in [5.41, 5.74) is 6.26. The highest BCUT2D eigenvalue weighted by Gasteiger charge is 2.21. The van der Waals surface area contributed by atoms with Gasteiger partial charge in [0.1, 0.15) is 5.82 Å². The number of esters is 1. The highest BCUT2D eigenvalue weighted by atomic mass is 19.1. The monoisotopic (exact) mass is 280 g/mol. The number of carbonyl (C=O) groups is 1. The molecule has 0 spiro atoms. The van der Waals surface area contributed by atoms with Crippen LogP contribution in [0.15, 0.2) is 12.1 Å². The van der Waals surface area contributed by atoms with E-state index in [-0.39, 0.29) is 17.3 Å². The van der Waals surface area contributed by atoms with Crippen molar-refractivity contribution >= 4 is 17.3 Å². The molecule has 0 amide bonds. The van der Waals surface area contributed by atoms with Crippen LogP contribution in [0.1, 0.15) is 43.0 Å². The smallest absolute Gasteiger partial charge is 0.340 e. The normalized spacial score (nSPS) is 22.4. The summed E-state index contributed by atoms with van der Waals surface area (Å²) in [6, 6.07) is 2.85. The Morgan fingerprint density at radius 2 is 2.20 bits per heavy atom. The molecule has 20 heavy (non-hydrogen) atoms. The average Bonchev–Trinajstić information content (AvgIpc) is 2.41. The van der Waals surface area contributed by atoms with Crippen LogP contribution in [-0.2, 0) is 4.74 Å². The second kappa shape index (κ2) is 6.11. The van der Waals surface area contributed by atoms with Crippen LogP contribution in [0.4, 0.5) is 15.8 Å². The molecule has 2 rings (SSSR count). The van der Waals surface area contributed by atoms with Crippen LogP contribution >= 0.6 is 0 Å². The number of halogens is 1. The number of nitrogen functional groups attached to an aromatic ring is 1. The van der Waals surface area contributed by atoms with E-state index in [1.165, 1.54) is 25.7 Å². The number of hydrogen-bond acceptors (Lipinski definition) is 4. The van der Waals surface area contributed by atoms with Gasteiger partial charge in [0.2, 0.25) is 0 Å². The number of nitrogens with two attached hydrogens (primary N) is 1. The predicted molar refractivity (Wildman–Crippen MR) is 77.2 cm³/mol. The molecule has 0 heterocycles. The first-order valence-corrected chi connectivity index (χ1v) is 6.95. The van der Waals surface area contributed by atoms with Crippen molar-refractivity contribution < 1.29 is 13.9 Å². The number of nitrogens with one attached hydrogen (secondary N) is 1. The van der Waals surface area contributed by atoms with Crippen LogP contribution in [0, 0.1) is 11.7 Å². The first-order chi connectivity index (χ1) is 9.51. The maximum atomic E-state index is 14.0. The summed E-state index contributed by atoms with van der Waals surface area (Å²) in [6.07, 6.45) is 4.38. The van der Waals surface area contributed by atoms with E-state index in [0.717, 1.165) is 19.3 Å². The molecule has 1 aliphatic carbocycles. The number of carbonyl (C=O) groups excluding carboxylic acids is 1. The minimum absolute atomic E-state index is 0.0944. The lowest BCUT2D eigenvalue weighted by Crippen LogP contribution is -2.26. The van der Waals surface area contributed by atoms with Gasteiger partial charge in [-0.05, 0) is 30.9 Å². The van der Waals surface area contributed by atoms with Gasteiger partial charge in [-0.3, -0.25) is 0 Å². The van der Waals surface area contributed by atoms with Gasteiger partial charge in [0.15, 0.2) is 0 Å². The Bertz CT molecular complexity index is 505. The maximum Gasteiger partial charge on any atom is 0.340 e. The molecule has 5 heteroatoms. The number of anilines is 2. The molecule has 0 bridgehead atoms. The Kier molecular flexibility index (Phi) is 4.47. The van der Waals surface area contributed by atoms with E-state index in [0.29, 0.717) is 11.6 Å². The summed E-state index contributed by atoms with van der Waals surface area (Å²) in [5.74, 6) is -0.353. The van der Waals surface area contributed by atoms with Gasteiger partial charge in [-0.1, -0.05) is 19.8 Å². The summed E-state index contributed by atoms with van der Waals surface area (Å²) in [5, 5.41) is 3.19. The van der Waals surface area contributed by atoms with E-state index in [1.807, 2.05) is 0 Å². The highest BCUT2D eigenvalue weighted by Crippen LogP contribution is 2.29. The van der Waals surface area contributed by atoms with Crippen molar-refractivity contribution in [3.8, 4) is 0 Å². The van der Waals surface area contributed by atoms with Crippen molar-refractivity contribution in [1.82, 2.24) is 0 Å². The number of methoxy groups -OCH3 is 1. The summed E-state index contributed by atoms with van der Waals surface area (Å²) < 4.78 is 18.6. The molecule has 1 fully saturated rings. The van der Waals surface area contributed by atoms with Crippen molar-refractivity contribution in [1.29, 1.82) is 0 Å². The molecule has 2 unspecified atom stereocenters. The molecule has 2 atom stereocenters. The third kappa shape index (κ3) is 3.21. The molecule has 3 N–H and O–H groups in total. The first-order valence-electron chi connectivity index (χ1n) is 6.95. The lowest BCUT2D eigenvalue weighted by Gasteiger charge is -2.28. The molecule has 0 aromatic heterocycles. The molecule has 4 nitrogen and oxygen atoms in total. The van der Waals surface area contributed by atoms with Crippen molar-refractivity contribution in [3.05, 3.63) is 23.5 Å². The Labute approximate surface area is 118 Å². The topological polar surface area (TPSA) is 64.3 Å². The standard InChI is InChI=1S/C15H21FN2O2/c1-9-4-3-5-10(6-9)18-14-7-11(15(19)20-2)13(17)8-12(14)16/h7-10,18H,3-6,17H2,1-2H3. The third-order valence-electron chi connectivity index (χ3n) is 3.84. The minimum atomic E-state index is -0.553. The van der Waals surface area contributed by atoms with Crippen LogP contribution in [0.5, 0.6) is 0 Å². The predicted octanol–water partition coefficient (Wildman–Crippen LogP) is 3.19. The van der Waals surface area contributed by atoms with E-state index in [4.69, 9.17) is 5.73 Å². The number of rotatable bonds is 3. The fourth-order valence-electron chi connectivity index (χ4n) is 2.77. The Morgan fingerprint density at radius 1 is 1.45 bits per heavy atom. The summed E-state index contributed by atoms with van der Waals surface area (Å²) >= 11 is 0. The Morgan fingerprint density at radius 3 is 2.85 bits per heavy atom. The number of ether oxygens (including phenoxy) is 1. The summed E-state index contributed by atoms with van der Waals surface area (Å²) in [7, 11) is 1.28. The van der Waals surface area contributed by atoms with Crippen LogP contribution in [0.2, 0.25) is 0 Å². The summed E-state index contributed by atoms with van der Waals surface area (Å²) in [4.78, 5) is 11.6. The second-order valence-corrected chi connectivity index (χ2v) is 5.52. The molecular formula is C15H21FN2O2. The quantitative estimate of drug-likeness (QED) is 0.659. The summed E-state index contributed by atoms with van der Waals surface area (Å²) in [6.45, 7) is 2.20. The maximum absolute atomic E-state index is 14.0. The fraction of sp³-hybridized carbons (Fsp3) is 0.533. The third-order valence-corrected chi connectivity index (χ3v) is 3.84. The molecule has 0 aliphatic heterocycles. The molecule has 0 saturated heterocycles. The average molecular weight is 280 g/mol. The Balaban J connectivity index is 2.20. The zero-order valence-corrected chi connectivity index (χ0v) is 11.9. The lowest BCUT2D eigenvalue weighted by atomic mass is 9.87. The zero-order valence-electron chi connectivity index (χ0n) is 11.9. The second-order valence-electron chi connectivity index (χ2n) is 5.52. The SMILES string of the molecule is COC(=O)c1cc(NC2CCCC(C)C2)c(F)cc1N. The van der Waals surface area contributed by atoms with Gasteiger partial charge >= 0.3 is 5.97 Å². The van der Waals surface area contributed by atoms with Crippen LogP contribution < -0.4 is 11.1 Å². The number of benzene rings is 1. The van der Waals surface area contributed by atoms with Crippen LogP contribution in [0.25, 0.3) is 0 Å². The molecule has 110 valence electrons. The molecular weight excluding hydrogens is 259 g/mol. The highest BCUT2D eigenvalue weighted by molar-refractivity contribution is 5.96. The van der Waals surface area contributed by atoms with Crippen molar-refractivity contribution in [2.45, 2.75) is 38.6 Å². The van der Waals surface area contributed by atoms with Gasteiger partial charge in [-0.25, -0.2) is 9.18 Å². The largest absolute Gasteiger partial charge is 0.465 e. The number of hydrogen-bond donors (Lipinski definition) is 2. The van der Waals surface area contributed by atoms with Crippen LogP contribution in [0.3, 0.4) is 0 Å². The van der Waals surface area contributed by atoms with E-state index in [2.05, 4.69) is 17.0 Å². The lowest BCUT2D eigenvalue weighted by molar-refractivity contribution is 0.0602. The van der Waals surface area contributed by atoms with Crippen molar-refractivity contribution in [3.63, 3.8) is 0 Å². The van der Waals surface area contributed by atoms with Gasteiger partial charge < -0.3 is 15.8 Å². The van der Waals surface area contributed by atoms with E-state index in [1.54, 1.807) is 0 Å². The zero-order chi connectivity index (χ0) is 14.7. The van der Waals surface area contributed by atoms with Gasteiger partial charge in [-0.2, -0.15) is 0 Å². The fourth-order valence-corrected chi connectivity index (χ4v) is 2.77. The van der Waals surface area contributed by atoms with E-state index >= 15 is 0 Å².